The smallest absolute Gasteiger partial charge is 0.159 e. The summed E-state index contributed by atoms with van der Waals surface area (Å²) in [5.41, 5.74) is 15.8. The number of nitrogens with two attached hydrogens (primary N) is 2. The number of hydrogen-bond acceptors (Lipinski definition) is 10. The van der Waals surface area contributed by atoms with Crippen LogP contribution in [-0.4, -0.2) is 71.0 Å². The van der Waals surface area contributed by atoms with Gasteiger partial charge in [-0.2, -0.15) is 0 Å². The average Bonchev–Trinajstić information content (AvgIpc) is 2.85. The number of methoxy groups -OCH3 is 1. The quantitative estimate of drug-likeness (QED) is 0.593. The van der Waals surface area contributed by atoms with Crippen molar-refractivity contribution in [2.75, 3.05) is 75.2 Å². The molecule has 0 amide bonds. The Balaban J connectivity index is 1.62. The van der Waals surface area contributed by atoms with E-state index in [0.29, 0.717) is 49.2 Å². The summed E-state index contributed by atoms with van der Waals surface area (Å²) < 4.78 is 16.5. The molecule has 10 nitrogen and oxygen atoms in total. The number of morpholine rings is 2. The molecule has 0 saturated carbocycles. The second-order valence-corrected chi connectivity index (χ2v) is 8.09. The molecule has 4 heterocycles. The number of rotatable bonds is 4. The van der Waals surface area contributed by atoms with Crippen molar-refractivity contribution in [3.63, 3.8) is 0 Å². The van der Waals surface area contributed by atoms with Gasteiger partial charge in [0.2, 0.25) is 0 Å². The molecule has 2 saturated heterocycles. The average molecular weight is 440 g/mol. The van der Waals surface area contributed by atoms with E-state index in [1.807, 2.05) is 12.1 Å². The van der Waals surface area contributed by atoms with Gasteiger partial charge in [0.15, 0.2) is 5.66 Å². The SMILES string of the molecule is COc1cc2c(cc1N)C(N)(c1cc(N3CCOCC3)cc(N3CCOCC3)n1)NC=N2. The van der Waals surface area contributed by atoms with Gasteiger partial charge in [-0.1, -0.05) is 0 Å². The number of aliphatic imine (C=N–C) groups is 1. The molecule has 3 aliphatic rings. The number of anilines is 3. The normalized spacial score (nSPS) is 22.9. The number of aromatic nitrogens is 1. The van der Waals surface area contributed by atoms with Gasteiger partial charge in [-0.05, 0) is 12.1 Å². The number of hydrogen-bond donors (Lipinski definition) is 3. The first kappa shape index (κ1) is 20.8. The molecule has 5 N–H and O–H groups in total. The van der Waals surface area contributed by atoms with Crippen molar-refractivity contribution in [1.29, 1.82) is 0 Å². The maximum Gasteiger partial charge on any atom is 0.159 e. The lowest BCUT2D eigenvalue weighted by atomic mass is 9.92. The summed E-state index contributed by atoms with van der Waals surface area (Å²) in [6.07, 6.45) is 1.61. The number of fused-ring (bicyclic) bond motifs is 1. The zero-order valence-corrected chi connectivity index (χ0v) is 18.2. The Labute approximate surface area is 187 Å². The van der Waals surface area contributed by atoms with Crippen LogP contribution < -0.4 is 31.3 Å². The number of benzene rings is 1. The van der Waals surface area contributed by atoms with E-state index in [9.17, 15) is 0 Å². The first-order valence-corrected chi connectivity index (χ1v) is 10.8. The van der Waals surface area contributed by atoms with Crippen LogP contribution in [0.4, 0.5) is 22.9 Å². The van der Waals surface area contributed by atoms with Crippen molar-refractivity contribution in [2.45, 2.75) is 5.66 Å². The van der Waals surface area contributed by atoms with E-state index in [0.717, 1.165) is 43.2 Å². The highest BCUT2D eigenvalue weighted by Crippen LogP contribution is 2.40. The summed E-state index contributed by atoms with van der Waals surface area (Å²) in [5.74, 6) is 1.44. The number of ether oxygens (including phenoxy) is 3. The van der Waals surface area contributed by atoms with Crippen LogP contribution >= 0.6 is 0 Å². The highest BCUT2D eigenvalue weighted by atomic mass is 16.5. The summed E-state index contributed by atoms with van der Waals surface area (Å²) in [4.78, 5) is 14.0. The minimum absolute atomic E-state index is 0.498. The maximum atomic E-state index is 7.00. The second-order valence-electron chi connectivity index (χ2n) is 8.09. The van der Waals surface area contributed by atoms with E-state index in [2.05, 4.69) is 26.2 Å². The molecule has 1 unspecified atom stereocenters. The summed E-state index contributed by atoms with van der Waals surface area (Å²) >= 11 is 0. The van der Waals surface area contributed by atoms with Crippen molar-refractivity contribution in [1.82, 2.24) is 10.3 Å². The standard InChI is InChI=1S/C22H29N7O3/c1-30-19-13-18-16(12-17(19)23)22(24,26-14-25-18)20-10-15(28-2-6-31-7-3-28)11-21(27-20)29-4-8-32-9-5-29/h10-14H,2-9,23-24H2,1H3,(H,25,26). The Morgan fingerprint density at radius 3 is 2.38 bits per heavy atom. The molecule has 0 spiro atoms. The van der Waals surface area contributed by atoms with Crippen molar-refractivity contribution in [2.24, 2.45) is 10.7 Å². The van der Waals surface area contributed by atoms with Crippen LogP contribution in [0.15, 0.2) is 29.3 Å². The highest BCUT2D eigenvalue weighted by Gasteiger charge is 2.37. The summed E-state index contributed by atoms with van der Waals surface area (Å²) in [6.45, 7) is 5.95. The zero-order chi connectivity index (χ0) is 22.1. The Bertz CT molecular complexity index is 983. The maximum absolute atomic E-state index is 7.00. The van der Waals surface area contributed by atoms with Gasteiger partial charge in [-0.3, -0.25) is 5.73 Å². The predicted octanol–water partition coefficient (Wildman–Crippen LogP) is 0.768. The molecule has 0 radical (unpaired) electrons. The first-order valence-electron chi connectivity index (χ1n) is 10.8. The van der Waals surface area contributed by atoms with Gasteiger partial charge in [-0.15, -0.1) is 0 Å². The van der Waals surface area contributed by atoms with Gasteiger partial charge in [0.1, 0.15) is 11.6 Å². The summed E-state index contributed by atoms with van der Waals surface area (Å²) in [7, 11) is 1.58. The molecule has 1 aromatic heterocycles. The first-order chi connectivity index (χ1) is 15.6. The number of nitrogen functional groups attached to an aromatic ring is 1. The lowest BCUT2D eigenvalue weighted by Crippen LogP contribution is -2.53. The fourth-order valence-corrected chi connectivity index (χ4v) is 4.34. The third kappa shape index (κ3) is 3.70. The van der Waals surface area contributed by atoms with Crippen LogP contribution in [-0.2, 0) is 15.1 Å². The lowest BCUT2D eigenvalue weighted by molar-refractivity contribution is 0.122. The molecule has 2 aromatic rings. The number of pyridine rings is 1. The van der Waals surface area contributed by atoms with E-state index in [1.165, 1.54) is 0 Å². The molecule has 3 aliphatic heterocycles. The van der Waals surface area contributed by atoms with E-state index in [1.54, 1.807) is 19.5 Å². The topological polar surface area (TPSA) is 123 Å². The van der Waals surface area contributed by atoms with Crippen LogP contribution in [0.3, 0.4) is 0 Å². The molecule has 0 aliphatic carbocycles. The molecular weight excluding hydrogens is 410 g/mol. The Hall–Kier alpha value is -3.08. The van der Waals surface area contributed by atoms with Crippen molar-refractivity contribution in [3.8, 4) is 5.75 Å². The van der Waals surface area contributed by atoms with Gasteiger partial charge in [0, 0.05) is 49.6 Å². The Morgan fingerprint density at radius 1 is 1.00 bits per heavy atom. The van der Waals surface area contributed by atoms with Crippen molar-refractivity contribution < 1.29 is 14.2 Å². The van der Waals surface area contributed by atoms with Gasteiger partial charge >= 0.3 is 0 Å². The van der Waals surface area contributed by atoms with Crippen LogP contribution in [0, 0.1) is 0 Å². The molecular formula is C22H29N7O3. The van der Waals surface area contributed by atoms with E-state index in [4.69, 9.17) is 30.7 Å². The van der Waals surface area contributed by atoms with Crippen LogP contribution in [0.25, 0.3) is 0 Å². The largest absolute Gasteiger partial charge is 0.495 e. The third-order valence-electron chi connectivity index (χ3n) is 6.18. The molecule has 0 bridgehead atoms. The van der Waals surface area contributed by atoms with Crippen molar-refractivity contribution >= 4 is 29.2 Å². The van der Waals surface area contributed by atoms with Crippen LogP contribution in [0.2, 0.25) is 0 Å². The fraction of sp³-hybridized carbons (Fsp3) is 0.455. The van der Waals surface area contributed by atoms with E-state index >= 15 is 0 Å². The van der Waals surface area contributed by atoms with Gasteiger partial charge in [-0.25, -0.2) is 9.98 Å². The number of nitrogens with one attached hydrogen (secondary N) is 1. The Kier molecular flexibility index (Phi) is 5.50. The van der Waals surface area contributed by atoms with Crippen molar-refractivity contribution in [3.05, 3.63) is 35.5 Å². The van der Waals surface area contributed by atoms with Crippen LogP contribution in [0.5, 0.6) is 5.75 Å². The molecule has 170 valence electrons. The van der Waals surface area contributed by atoms with Crippen LogP contribution in [0.1, 0.15) is 11.3 Å². The summed E-state index contributed by atoms with van der Waals surface area (Å²) in [6, 6.07) is 7.79. The lowest BCUT2D eigenvalue weighted by Gasteiger charge is -2.37. The molecule has 5 rings (SSSR count). The second kappa shape index (κ2) is 8.45. The van der Waals surface area contributed by atoms with E-state index < -0.39 is 5.66 Å². The monoisotopic (exact) mass is 439 g/mol. The molecule has 1 atom stereocenters. The van der Waals surface area contributed by atoms with Gasteiger partial charge in [0.25, 0.3) is 0 Å². The molecule has 2 fully saturated rings. The predicted molar refractivity (Wildman–Crippen MR) is 124 cm³/mol. The molecule has 10 heteroatoms. The fourth-order valence-electron chi connectivity index (χ4n) is 4.34. The minimum Gasteiger partial charge on any atom is -0.495 e. The highest BCUT2D eigenvalue weighted by molar-refractivity contribution is 5.76. The van der Waals surface area contributed by atoms with Gasteiger partial charge < -0.3 is 35.1 Å². The minimum atomic E-state index is -1.10. The van der Waals surface area contributed by atoms with E-state index in [-0.39, 0.29) is 0 Å². The zero-order valence-electron chi connectivity index (χ0n) is 18.2. The number of nitrogens with zero attached hydrogens (tertiary/aromatic N) is 4. The summed E-state index contributed by atoms with van der Waals surface area (Å²) in [5, 5.41) is 3.23. The Morgan fingerprint density at radius 2 is 1.69 bits per heavy atom. The third-order valence-corrected chi connectivity index (χ3v) is 6.18. The molecule has 1 aromatic carbocycles. The van der Waals surface area contributed by atoms with Gasteiger partial charge in [0.05, 0.1) is 56.9 Å². The molecule has 32 heavy (non-hydrogen) atoms.